The molecule has 0 amide bonds. The fraction of sp³-hybridized carbons (Fsp3) is 0.200. The highest BCUT2D eigenvalue weighted by atomic mass is 16.5. The van der Waals surface area contributed by atoms with Crippen LogP contribution in [0.2, 0.25) is 0 Å². The van der Waals surface area contributed by atoms with E-state index in [1.54, 1.807) is 36.4 Å². The van der Waals surface area contributed by atoms with Crippen LogP contribution in [0, 0.1) is 25.2 Å². The lowest BCUT2D eigenvalue weighted by Gasteiger charge is -2.11. The topological polar surface area (TPSA) is 85.0 Å². The number of nitrogens with zero attached hydrogens (tertiary/aromatic N) is 3. The number of ether oxygens (including phenoxy) is 1. The quantitative estimate of drug-likeness (QED) is 0.678. The molecule has 0 N–H and O–H groups in total. The van der Waals surface area contributed by atoms with Crippen LogP contribution in [0.4, 0.5) is 0 Å². The molecule has 0 aliphatic rings. The summed E-state index contributed by atoms with van der Waals surface area (Å²) >= 11 is 0. The molecule has 0 unspecified atom stereocenters. The van der Waals surface area contributed by atoms with Gasteiger partial charge in [0.25, 0.3) is 5.56 Å². The Morgan fingerprint density at radius 3 is 2.69 bits per heavy atom. The highest BCUT2D eigenvalue weighted by Gasteiger charge is 2.14. The van der Waals surface area contributed by atoms with Gasteiger partial charge in [-0.1, -0.05) is 18.2 Å². The van der Waals surface area contributed by atoms with Gasteiger partial charge < -0.3 is 4.74 Å². The van der Waals surface area contributed by atoms with Gasteiger partial charge in [-0.3, -0.25) is 9.36 Å². The third-order valence-electron chi connectivity index (χ3n) is 4.24. The number of nitriles is 1. The van der Waals surface area contributed by atoms with Crippen LogP contribution in [-0.2, 0) is 17.9 Å². The van der Waals surface area contributed by atoms with Gasteiger partial charge in [-0.2, -0.15) is 5.26 Å². The maximum absolute atomic E-state index is 12.6. The van der Waals surface area contributed by atoms with Crippen molar-refractivity contribution in [2.75, 3.05) is 0 Å². The van der Waals surface area contributed by atoms with Crippen LogP contribution in [0.15, 0.2) is 47.3 Å². The molecule has 0 bridgehead atoms. The average molecular weight is 347 g/mol. The SMILES string of the molecule is Cc1ccc(C(=O)OCc2nc3ccccc3c(=O)n2CC#N)cc1C. The molecular weight excluding hydrogens is 330 g/mol. The molecule has 0 fully saturated rings. The van der Waals surface area contributed by atoms with E-state index in [4.69, 9.17) is 10.00 Å². The molecule has 130 valence electrons. The van der Waals surface area contributed by atoms with Gasteiger partial charge in [0.2, 0.25) is 0 Å². The number of esters is 1. The minimum atomic E-state index is -0.501. The number of rotatable bonds is 4. The monoisotopic (exact) mass is 347 g/mol. The predicted octanol–water partition coefficient (Wildman–Crippen LogP) is 2.89. The van der Waals surface area contributed by atoms with Crippen LogP contribution in [0.1, 0.15) is 27.3 Å². The molecule has 0 aliphatic carbocycles. The molecule has 2 aromatic carbocycles. The standard InChI is InChI=1S/C20H17N3O3/c1-13-7-8-15(11-14(13)2)20(25)26-12-18-22-17-6-4-3-5-16(17)19(24)23(18)10-9-21/h3-8,11H,10,12H2,1-2H3. The van der Waals surface area contributed by atoms with E-state index in [2.05, 4.69) is 4.98 Å². The van der Waals surface area contributed by atoms with Crippen molar-refractivity contribution in [3.8, 4) is 6.07 Å². The second kappa shape index (κ2) is 7.19. The summed E-state index contributed by atoms with van der Waals surface area (Å²) in [5.41, 5.74) is 2.69. The third-order valence-corrected chi connectivity index (χ3v) is 4.24. The molecule has 0 radical (unpaired) electrons. The van der Waals surface area contributed by atoms with E-state index in [9.17, 15) is 9.59 Å². The van der Waals surface area contributed by atoms with Gasteiger partial charge >= 0.3 is 5.97 Å². The zero-order chi connectivity index (χ0) is 18.7. The number of carbonyl (C=O) groups is 1. The highest BCUT2D eigenvalue weighted by Crippen LogP contribution is 2.13. The second-order valence-corrected chi connectivity index (χ2v) is 5.97. The number of benzene rings is 2. The fourth-order valence-corrected chi connectivity index (χ4v) is 2.64. The first-order valence-electron chi connectivity index (χ1n) is 8.11. The maximum Gasteiger partial charge on any atom is 0.338 e. The van der Waals surface area contributed by atoms with E-state index in [-0.39, 0.29) is 24.5 Å². The normalized spacial score (nSPS) is 10.5. The molecule has 26 heavy (non-hydrogen) atoms. The number of fused-ring (bicyclic) bond motifs is 1. The highest BCUT2D eigenvalue weighted by molar-refractivity contribution is 5.89. The first-order chi connectivity index (χ1) is 12.5. The smallest absolute Gasteiger partial charge is 0.338 e. The molecular formula is C20H17N3O3. The first-order valence-corrected chi connectivity index (χ1v) is 8.11. The zero-order valence-corrected chi connectivity index (χ0v) is 14.5. The van der Waals surface area contributed by atoms with Crippen molar-refractivity contribution in [1.29, 1.82) is 5.26 Å². The Bertz CT molecular complexity index is 1090. The number of carbonyl (C=O) groups excluding carboxylic acids is 1. The molecule has 1 aromatic heterocycles. The van der Waals surface area contributed by atoms with Crippen molar-refractivity contribution in [3.05, 3.63) is 75.3 Å². The molecule has 1 heterocycles. The van der Waals surface area contributed by atoms with Gasteiger partial charge in [-0.25, -0.2) is 9.78 Å². The van der Waals surface area contributed by atoms with Crippen LogP contribution >= 0.6 is 0 Å². The average Bonchev–Trinajstić information content (AvgIpc) is 2.64. The Morgan fingerprint density at radius 2 is 1.96 bits per heavy atom. The summed E-state index contributed by atoms with van der Waals surface area (Å²) in [5, 5.41) is 9.43. The van der Waals surface area contributed by atoms with Gasteiger partial charge in [-0.05, 0) is 49.2 Å². The van der Waals surface area contributed by atoms with Gasteiger partial charge in [-0.15, -0.1) is 0 Å². The Labute approximate surface area is 150 Å². The number of hydrogen-bond acceptors (Lipinski definition) is 5. The van der Waals surface area contributed by atoms with E-state index in [0.717, 1.165) is 11.1 Å². The molecule has 0 atom stereocenters. The predicted molar refractivity (Wildman–Crippen MR) is 96.7 cm³/mol. The molecule has 0 saturated heterocycles. The molecule has 6 nitrogen and oxygen atoms in total. The number of hydrogen-bond donors (Lipinski definition) is 0. The lowest BCUT2D eigenvalue weighted by molar-refractivity contribution is 0.0457. The van der Waals surface area contributed by atoms with Crippen LogP contribution in [0.25, 0.3) is 10.9 Å². The zero-order valence-electron chi connectivity index (χ0n) is 14.5. The molecule has 3 rings (SSSR count). The number of para-hydroxylation sites is 1. The van der Waals surface area contributed by atoms with Crippen molar-refractivity contribution in [2.24, 2.45) is 0 Å². The minimum Gasteiger partial charge on any atom is -0.454 e. The summed E-state index contributed by atoms with van der Waals surface area (Å²) in [4.78, 5) is 29.3. The third kappa shape index (κ3) is 3.33. The first kappa shape index (κ1) is 17.4. The van der Waals surface area contributed by atoms with Crippen LogP contribution in [0.5, 0.6) is 0 Å². The van der Waals surface area contributed by atoms with Crippen molar-refractivity contribution < 1.29 is 9.53 Å². The summed E-state index contributed by atoms with van der Waals surface area (Å²) in [6.45, 7) is 3.53. The molecule has 6 heteroatoms. The van der Waals surface area contributed by atoms with Gasteiger partial charge in [0.15, 0.2) is 5.82 Å². The van der Waals surface area contributed by atoms with E-state index in [1.165, 1.54) is 4.57 Å². The summed E-state index contributed by atoms with van der Waals surface area (Å²) in [6.07, 6.45) is 0. The molecule has 0 spiro atoms. The van der Waals surface area contributed by atoms with Crippen molar-refractivity contribution in [1.82, 2.24) is 9.55 Å². The van der Waals surface area contributed by atoms with Crippen molar-refractivity contribution in [3.63, 3.8) is 0 Å². The van der Waals surface area contributed by atoms with E-state index in [0.29, 0.717) is 16.5 Å². The lowest BCUT2D eigenvalue weighted by Crippen LogP contribution is -2.26. The lowest BCUT2D eigenvalue weighted by atomic mass is 10.1. The summed E-state index contributed by atoms with van der Waals surface area (Å²) in [6, 6.07) is 14.1. The fourth-order valence-electron chi connectivity index (χ4n) is 2.64. The van der Waals surface area contributed by atoms with Crippen LogP contribution in [0.3, 0.4) is 0 Å². The molecule has 0 saturated carbocycles. The summed E-state index contributed by atoms with van der Waals surface area (Å²) < 4.78 is 6.56. The Kier molecular flexibility index (Phi) is 4.81. The summed E-state index contributed by atoms with van der Waals surface area (Å²) in [5.74, 6) is -0.258. The van der Waals surface area contributed by atoms with E-state index < -0.39 is 5.97 Å². The van der Waals surface area contributed by atoms with Gasteiger partial charge in [0.05, 0.1) is 22.5 Å². The number of aromatic nitrogens is 2. The molecule has 3 aromatic rings. The number of aryl methyl sites for hydroxylation is 2. The van der Waals surface area contributed by atoms with Gasteiger partial charge in [0.1, 0.15) is 13.2 Å². The summed E-state index contributed by atoms with van der Waals surface area (Å²) in [7, 11) is 0. The minimum absolute atomic E-state index is 0.160. The van der Waals surface area contributed by atoms with Gasteiger partial charge in [0, 0.05) is 0 Å². The van der Waals surface area contributed by atoms with Crippen molar-refractivity contribution >= 4 is 16.9 Å². The largest absolute Gasteiger partial charge is 0.454 e. The Morgan fingerprint density at radius 1 is 1.19 bits per heavy atom. The maximum atomic E-state index is 12.6. The van der Waals surface area contributed by atoms with E-state index in [1.807, 2.05) is 26.0 Å². The second-order valence-electron chi connectivity index (χ2n) is 5.97. The molecule has 0 aliphatic heterocycles. The Balaban J connectivity index is 1.91. The van der Waals surface area contributed by atoms with Crippen LogP contribution < -0.4 is 5.56 Å². The Hall–Kier alpha value is -3.46. The van der Waals surface area contributed by atoms with Crippen LogP contribution in [-0.4, -0.2) is 15.5 Å². The van der Waals surface area contributed by atoms with E-state index >= 15 is 0 Å². The van der Waals surface area contributed by atoms with Crippen molar-refractivity contribution in [2.45, 2.75) is 27.0 Å².